The van der Waals surface area contributed by atoms with Gasteiger partial charge < -0.3 is 14.2 Å². The van der Waals surface area contributed by atoms with Crippen molar-refractivity contribution in [2.45, 2.75) is 386 Å². The monoisotopic (exact) mass is 1160 g/mol. The van der Waals surface area contributed by atoms with E-state index in [1.54, 1.807) is 0 Å². The highest BCUT2D eigenvalue weighted by Crippen LogP contribution is 2.17. The third-order valence-corrected chi connectivity index (χ3v) is 16.2. The summed E-state index contributed by atoms with van der Waals surface area (Å²) < 4.78 is 17.0. The zero-order valence-corrected chi connectivity index (χ0v) is 55.5. The largest absolute Gasteiger partial charge is 0.462 e. The maximum absolute atomic E-state index is 13.0. The molecule has 0 bridgehead atoms. The number of carbonyl (C=O) groups is 3. The van der Waals surface area contributed by atoms with Crippen molar-refractivity contribution in [3.63, 3.8) is 0 Å². The fourth-order valence-corrected chi connectivity index (χ4v) is 10.7. The molecule has 0 saturated heterocycles. The molecule has 0 saturated carbocycles. The van der Waals surface area contributed by atoms with Gasteiger partial charge in [0.25, 0.3) is 0 Å². The molecule has 0 amide bonds. The number of carbonyl (C=O) groups excluding carboxylic acids is 3. The fourth-order valence-electron chi connectivity index (χ4n) is 10.7. The van der Waals surface area contributed by atoms with Gasteiger partial charge in [-0.15, -0.1) is 0 Å². The molecule has 482 valence electrons. The molecule has 6 heteroatoms. The van der Waals surface area contributed by atoms with Crippen molar-refractivity contribution in [3.8, 4) is 0 Å². The summed E-state index contributed by atoms with van der Waals surface area (Å²) >= 11 is 0. The lowest BCUT2D eigenvalue weighted by Crippen LogP contribution is -2.30. The summed E-state index contributed by atoms with van der Waals surface area (Å²) in [6, 6.07) is 0. The van der Waals surface area contributed by atoms with E-state index in [9.17, 15) is 14.4 Å². The van der Waals surface area contributed by atoms with E-state index in [1.165, 1.54) is 263 Å². The lowest BCUT2D eigenvalue weighted by Gasteiger charge is -2.18. The second kappa shape index (κ2) is 71.3. The van der Waals surface area contributed by atoms with E-state index in [4.69, 9.17) is 14.2 Å². The molecule has 0 rings (SSSR count). The molecule has 0 aromatic heterocycles. The molecule has 6 nitrogen and oxygen atoms in total. The van der Waals surface area contributed by atoms with E-state index in [0.29, 0.717) is 19.3 Å². The summed E-state index contributed by atoms with van der Waals surface area (Å²) in [5, 5.41) is 0. The molecule has 0 radical (unpaired) electrons. The summed E-state index contributed by atoms with van der Waals surface area (Å²) in [6.07, 6.45) is 93.5. The van der Waals surface area contributed by atoms with Crippen LogP contribution < -0.4 is 0 Å². The van der Waals surface area contributed by atoms with Crippen LogP contribution in [0, 0.1) is 0 Å². The Labute approximate surface area is 516 Å². The Kier molecular flexibility index (Phi) is 68.6. The smallest absolute Gasteiger partial charge is 0.306 e. The summed E-state index contributed by atoms with van der Waals surface area (Å²) in [5.74, 6) is -0.865. The van der Waals surface area contributed by atoms with E-state index in [1.807, 2.05) is 0 Å². The minimum atomic E-state index is -0.783. The number of ether oxygens (including phenoxy) is 3. The van der Waals surface area contributed by atoms with Gasteiger partial charge in [0, 0.05) is 19.3 Å². The van der Waals surface area contributed by atoms with E-state index in [2.05, 4.69) is 93.7 Å². The second-order valence-corrected chi connectivity index (χ2v) is 24.5. The lowest BCUT2D eigenvalue weighted by molar-refractivity contribution is -0.167. The van der Waals surface area contributed by atoms with Crippen molar-refractivity contribution >= 4 is 17.9 Å². The van der Waals surface area contributed by atoms with E-state index >= 15 is 0 Å². The number of hydrogen-bond acceptors (Lipinski definition) is 6. The SMILES string of the molecule is CCCCCCC/C=C\C/C=C\C/C=C\CCCCCCCCCCCCC(=O)OCC(COC(=O)CCCCCCCCCCC/C=C\CCCCCCCC)OC(=O)CCCCCCCCCCC/C=C\C/C=C\CCCCCCC. The third-order valence-electron chi connectivity index (χ3n) is 16.2. The molecule has 0 aliphatic carbocycles. The summed E-state index contributed by atoms with van der Waals surface area (Å²) in [6.45, 7) is 6.66. The van der Waals surface area contributed by atoms with Crippen molar-refractivity contribution in [1.82, 2.24) is 0 Å². The molecule has 0 aromatic carbocycles. The summed E-state index contributed by atoms with van der Waals surface area (Å²) in [7, 11) is 0. The first kappa shape index (κ1) is 79.8. The maximum atomic E-state index is 13.0. The molecule has 0 spiro atoms. The summed E-state index contributed by atoms with van der Waals surface area (Å²) in [4.78, 5) is 38.5. The predicted octanol–water partition coefficient (Wildman–Crippen LogP) is 25.2. The Balaban J connectivity index is 4.36. The number of esters is 3. The van der Waals surface area contributed by atoms with E-state index in [0.717, 1.165) is 77.0 Å². The van der Waals surface area contributed by atoms with Crippen LogP contribution in [-0.2, 0) is 28.6 Å². The van der Waals surface area contributed by atoms with Crippen LogP contribution in [0.5, 0.6) is 0 Å². The van der Waals surface area contributed by atoms with Gasteiger partial charge in [0.1, 0.15) is 13.2 Å². The predicted molar refractivity (Wildman–Crippen MR) is 362 cm³/mol. The van der Waals surface area contributed by atoms with Gasteiger partial charge in [-0.1, -0.05) is 318 Å². The molecule has 0 aliphatic rings. The number of unbranched alkanes of at least 4 members (excludes halogenated alkanes) is 44. The number of rotatable bonds is 67. The number of hydrogen-bond donors (Lipinski definition) is 0. The van der Waals surface area contributed by atoms with Gasteiger partial charge in [-0.3, -0.25) is 14.4 Å². The van der Waals surface area contributed by atoms with Crippen LogP contribution in [0.2, 0.25) is 0 Å². The molecule has 83 heavy (non-hydrogen) atoms. The Morgan fingerprint density at radius 1 is 0.241 bits per heavy atom. The lowest BCUT2D eigenvalue weighted by atomic mass is 10.0. The molecule has 0 heterocycles. The topological polar surface area (TPSA) is 78.9 Å². The van der Waals surface area contributed by atoms with Crippen molar-refractivity contribution in [1.29, 1.82) is 0 Å². The van der Waals surface area contributed by atoms with Crippen LogP contribution in [0.3, 0.4) is 0 Å². The average molecular weight is 1160 g/mol. The number of allylic oxidation sites excluding steroid dienone is 12. The van der Waals surface area contributed by atoms with E-state index < -0.39 is 6.10 Å². The van der Waals surface area contributed by atoms with Crippen molar-refractivity contribution in [2.24, 2.45) is 0 Å². The van der Waals surface area contributed by atoms with Gasteiger partial charge >= 0.3 is 17.9 Å². The molecule has 0 aliphatic heterocycles. The fraction of sp³-hybridized carbons (Fsp3) is 0.805. The van der Waals surface area contributed by atoms with Crippen LogP contribution in [0.15, 0.2) is 72.9 Å². The first-order valence-corrected chi connectivity index (χ1v) is 36.4. The maximum Gasteiger partial charge on any atom is 0.306 e. The van der Waals surface area contributed by atoms with Gasteiger partial charge in [0.15, 0.2) is 6.10 Å². The van der Waals surface area contributed by atoms with E-state index in [-0.39, 0.29) is 31.1 Å². The zero-order chi connectivity index (χ0) is 59.9. The molecule has 0 aromatic rings. The zero-order valence-electron chi connectivity index (χ0n) is 55.5. The highest BCUT2D eigenvalue weighted by Gasteiger charge is 2.19. The molecule has 0 N–H and O–H groups in total. The van der Waals surface area contributed by atoms with Crippen LogP contribution in [0.1, 0.15) is 380 Å². The summed E-state index contributed by atoms with van der Waals surface area (Å²) in [5.41, 5.74) is 0. The van der Waals surface area contributed by atoms with Crippen LogP contribution >= 0.6 is 0 Å². The Morgan fingerprint density at radius 3 is 0.687 bits per heavy atom. The Hall–Kier alpha value is -3.15. The van der Waals surface area contributed by atoms with Gasteiger partial charge in [-0.25, -0.2) is 0 Å². The van der Waals surface area contributed by atoms with Gasteiger partial charge in [0.2, 0.25) is 0 Å². The molecule has 1 unspecified atom stereocenters. The first-order valence-electron chi connectivity index (χ1n) is 36.4. The molecule has 1 atom stereocenters. The Bertz CT molecular complexity index is 1520. The van der Waals surface area contributed by atoms with Crippen molar-refractivity contribution in [2.75, 3.05) is 13.2 Å². The minimum absolute atomic E-state index is 0.0770. The quantitative estimate of drug-likeness (QED) is 0.0261. The van der Waals surface area contributed by atoms with Crippen LogP contribution in [-0.4, -0.2) is 37.2 Å². The minimum Gasteiger partial charge on any atom is -0.462 e. The van der Waals surface area contributed by atoms with Gasteiger partial charge in [-0.05, 0) is 116 Å². The normalized spacial score (nSPS) is 12.5. The second-order valence-electron chi connectivity index (χ2n) is 24.5. The van der Waals surface area contributed by atoms with Crippen molar-refractivity contribution in [3.05, 3.63) is 72.9 Å². The Morgan fingerprint density at radius 2 is 0.434 bits per heavy atom. The molecule has 0 fully saturated rings. The van der Waals surface area contributed by atoms with Crippen molar-refractivity contribution < 1.29 is 28.6 Å². The highest BCUT2D eigenvalue weighted by molar-refractivity contribution is 5.71. The first-order chi connectivity index (χ1) is 41.0. The standard InChI is InChI=1S/C77H138O6/c1-4-7-10-13-16-19-22-25-28-31-34-36-37-38-39-41-43-46-49-52-55-58-61-64-67-70-76(79)82-73-74(72-81-75(78)69-66-63-60-57-54-51-48-45-42-33-30-27-24-21-18-15-12-9-6-3)83-77(80)71-68-65-62-59-56-53-50-47-44-40-35-32-29-26-23-20-17-14-11-8-5-2/h22-23,25-27,30-32,34-35,37-38,74H,4-21,24,28-29,33,36,39-73H2,1-3H3/b25-22-,26-23-,30-27-,34-31-,35-32-,38-37-. The average Bonchev–Trinajstić information content (AvgIpc) is 3.50. The van der Waals surface area contributed by atoms with Gasteiger partial charge in [0.05, 0.1) is 0 Å². The molecular formula is C77H138O6. The highest BCUT2D eigenvalue weighted by atomic mass is 16.6. The van der Waals surface area contributed by atoms with Crippen LogP contribution in [0.25, 0.3) is 0 Å². The third kappa shape index (κ3) is 69.5. The van der Waals surface area contributed by atoms with Gasteiger partial charge in [-0.2, -0.15) is 0 Å². The molecular weight excluding hydrogens is 1020 g/mol. The van der Waals surface area contributed by atoms with Crippen LogP contribution in [0.4, 0.5) is 0 Å².